The van der Waals surface area contributed by atoms with E-state index in [-0.39, 0.29) is 6.61 Å². The van der Waals surface area contributed by atoms with E-state index in [1.165, 1.54) is 19.2 Å². The number of hydrogen-bond donors (Lipinski definition) is 1. The zero-order valence-corrected chi connectivity index (χ0v) is 18.4. The molecule has 0 saturated carbocycles. The molecule has 10 heteroatoms. The molecule has 0 atom stereocenters. The van der Waals surface area contributed by atoms with E-state index in [1.807, 2.05) is 0 Å². The lowest BCUT2D eigenvalue weighted by Gasteiger charge is -2.10. The number of halogens is 3. The van der Waals surface area contributed by atoms with E-state index >= 15 is 0 Å². The minimum absolute atomic E-state index is 0.181. The number of alkyl halides is 3. The lowest BCUT2D eigenvalue weighted by molar-refractivity contribution is -0.137. The summed E-state index contributed by atoms with van der Waals surface area (Å²) < 4.78 is 64.3. The molecule has 0 bridgehead atoms. The van der Waals surface area contributed by atoms with Crippen LogP contribution in [0.5, 0.6) is 5.75 Å². The van der Waals surface area contributed by atoms with E-state index in [9.17, 15) is 18.0 Å². The Bertz CT molecular complexity index is 812. The van der Waals surface area contributed by atoms with Crippen LogP contribution in [0.15, 0.2) is 48.5 Å². The Balaban J connectivity index is 1.50. The quantitative estimate of drug-likeness (QED) is 0.417. The monoisotopic (exact) mass is 471 g/mol. The van der Waals surface area contributed by atoms with Gasteiger partial charge >= 0.3 is 12.3 Å². The van der Waals surface area contributed by atoms with Gasteiger partial charge in [-0.3, -0.25) is 0 Å². The van der Waals surface area contributed by atoms with Crippen molar-refractivity contribution in [3.05, 3.63) is 54.1 Å². The van der Waals surface area contributed by atoms with Crippen molar-refractivity contribution in [2.24, 2.45) is 0 Å². The summed E-state index contributed by atoms with van der Waals surface area (Å²) in [7, 11) is 1.48. The lowest BCUT2D eigenvalue weighted by Crippen LogP contribution is -2.21. The van der Waals surface area contributed by atoms with E-state index in [4.69, 9.17) is 23.7 Å². The Morgan fingerprint density at radius 2 is 1.18 bits per heavy atom. The van der Waals surface area contributed by atoms with Crippen molar-refractivity contribution >= 4 is 6.09 Å². The average Bonchev–Trinajstić information content (AvgIpc) is 2.81. The zero-order chi connectivity index (χ0) is 23.9. The van der Waals surface area contributed by atoms with Crippen LogP contribution in [0.2, 0.25) is 0 Å². The first-order valence-corrected chi connectivity index (χ1v) is 10.4. The molecule has 0 heterocycles. The molecule has 2 aromatic rings. The van der Waals surface area contributed by atoms with E-state index < -0.39 is 17.8 Å². The van der Waals surface area contributed by atoms with Crippen LogP contribution in [0, 0.1) is 0 Å². The number of nitrogens with one attached hydrogen (secondary N) is 1. The van der Waals surface area contributed by atoms with Gasteiger partial charge in [0.2, 0.25) is 0 Å². The first-order chi connectivity index (χ1) is 15.9. The predicted octanol–water partition coefficient (Wildman–Crippen LogP) is 4.16. The highest BCUT2D eigenvalue weighted by molar-refractivity contribution is 5.66. The molecule has 1 amide bonds. The topological polar surface area (TPSA) is 75.3 Å². The first kappa shape index (κ1) is 26.4. The summed E-state index contributed by atoms with van der Waals surface area (Å²) in [6.45, 7) is 2.85. The maximum atomic E-state index is 12.7. The number of carbonyl (C=O) groups excluding carboxylic acids is 1. The molecule has 0 fully saturated rings. The van der Waals surface area contributed by atoms with Crippen molar-refractivity contribution < 1.29 is 41.7 Å². The minimum atomic E-state index is -4.34. The van der Waals surface area contributed by atoms with Gasteiger partial charge in [0.05, 0.1) is 45.2 Å². The summed E-state index contributed by atoms with van der Waals surface area (Å²) >= 11 is 0. The molecule has 0 spiro atoms. The molecular formula is C23H28F3NO6. The Hall–Kier alpha value is -2.82. The van der Waals surface area contributed by atoms with Crippen molar-refractivity contribution in [2.75, 3.05) is 59.9 Å². The Morgan fingerprint density at radius 3 is 1.67 bits per heavy atom. The van der Waals surface area contributed by atoms with Crippen LogP contribution in [-0.2, 0) is 25.1 Å². The smallest absolute Gasteiger partial charge is 0.416 e. The highest BCUT2D eigenvalue weighted by Crippen LogP contribution is 2.31. The van der Waals surface area contributed by atoms with Crippen LogP contribution in [0.3, 0.4) is 0 Å². The standard InChI is InChI=1S/C23H28F3NO6/c1-27-22(28)33-17-15-31-13-11-29-10-12-30-14-16-32-21-8-4-19(5-9-21)18-2-6-20(7-3-18)23(24,25)26/h2-9H,10-17H2,1H3,(H,27,28). The highest BCUT2D eigenvalue weighted by atomic mass is 19.4. The fourth-order valence-corrected chi connectivity index (χ4v) is 2.62. The number of amides is 1. The van der Waals surface area contributed by atoms with Crippen LogP contribution in [0.25, 0.3) is 11.1 Å². The van der Waals surface area contributed by atoms with Gasteiger partial charge in [0.25, 0.3) is 0 Å². The molecule has 182 valence electrons. The van der Waals surface area contributed by atoms with E-state index in [0.717, 1.165) is 17.7 Å². The molecule has 0 saturated heterocycles. The summed E-state index contributed by atoms with van der Waals surface area (Å²) in [5.41, 5.74) is 0.822. The molecule has 0 aliphatic heterocycles. The van der Waals surface area contributed by atoms with E-state index in [1.54, 1.807) is 24.3 Å². The van der Waals surface area contributed by atoms with E-state index in [2.05, 4.69) is 5.32 Å². The molecule has 0 aromatic heterocycles. The second kappa shape index (κ2) is 14.4. The zero-order valence-electron chi connectivity index (χ0n) is 18.4. The molecule has 0 unspecified atom stereocenters. The van der Waals surface area contributed by atoms with Gasteiger partial charge in [-0.05, 0) is 35.4 Å². The summed E-state index contributed by atoms with van der Waals surface area (Å²) in [6, 6.07) is 12.1. The van der Waals surface area contributed by atoms with Crippen molar-refractivity contribution in [1.82, 2.24) is 5.32 Å². The third kappa shape index (κ3) is 10.6. The second-order valence-corrected chi connectivity index (χ2v) is 6.67. The number of ether oxygens (including phenoxy) is 5. The van der Waals surface area contributed by atoms with Crippen molar-refractivity contribution in [1.29, 1.82) is 0 Å². The molecular weight excluding hydrogens is 443 g/mol. The maximum absolute atomic E-state index is 12.7. The third-order valence-corrected chi connectivity index (χ3v) is 4.31. The molecule has 0 radical (unpaired) electrons. The summed E-state index contributed by atoms with van der Waals surface area (Å²) in [5.74, 6) is 0.642. The van der Waals surface area contributed by atoms with Gasteiger partial charge in [-0.1, -0.05) is 24.3 Å². The SMILES string of the molecule is CNC(=O)OCCOCCOCCOCCOc1ccc(-c2ccc(C(F)(F)F)cc2)cc1. The largest absolute Gasteiger partial charge is 0.491 e. The van der Waals surface area contributed by atoms with Crippen molar-refractivity contribution in [3.8, 4) is 16.9 Å². The number of carbonyl (C=O) groups is 1. The van der Waals surface area contributed by atoms with Gasteiger partial charge in [-0.2, -0.15) is 13.2 Å². The lowest BCUT2D eigenvalue weighted by atomic mass is 10.0. The molecule has 2 aromatic carbocycles. The normalized spacial score (nSPS) is 11.3. The van der Waals surface area contributed by atoms with Gasteiger partial charge in [0.1, 0.15) is 19.0 Å². The summed E-state index contributed by atoms with van der Waals surface area (Å²) in [6.07, 6.45) is -4.84. The van der Waals surface area contributed by atoms with Gasteiger partial charge in [-0.25, -0.2) is 4.79 Å². The summed E-state index contributed by atoms with van der Waals surface area (Å²) in [4.78, 5) is 10.8. The van der Waals surface area contributed by atoms with Crippen molar-refractivity contribution in [2.45, 2.75) is 6.18 Å². The van der Waals surface area contributed by atoms with Gasteiger partial charge < -0.3 is 29.0 Å². The summed E-state index contributed by atoms with van der Waals surface area (Å²) in [5, 5.41) is 2.33. The van der Waals surface area contributed by atoms with E-state index in [0.29, 0.717) is 57.6 Å². The third-order valence-electron chi connectivity index (χ3n) is 4.31. The molecule has 0 aliphatic rings. The number of alkyl carbamates (subject to hydrolysis) is 1. The Morgan fingerprint density at radius 1 is 0.727 bits per heavy atom. The van der Waals surface area contributed by atoms with Gasteiger partial charge in [0.15, 0.2) is 0 Å². The molecule has 7 nitrogen and oxygen atoms in total. The average molecular weight is 471 g/mol. The van der Waals surface area contributed by atoms with Gasteiger partial charge in [-0.15, -0.1) is 0 Å². The van der Waals surface area contributed by atoms with Crippen LogP contribution < -0.4 is 10.1 Å². The minimum Gasteiger partial charge on any atom is -0.491 e. The fourth-order valence-electron chi connectivity index (χ4n) is 2.62. The highest BCUT2D eigenvalue weighted by Gasteiger charge is 2.29. The van der Waals surface area contributed by atoms with Crippen LogP contribution in [0.4, 0.5) is 18.0 Å². The molecule has 0 aliphatic carbocycles. The molecule has 1 N–H and O–H groups in total. The Kier molecular flexibility index (Phi) is 11.5. The Labute approximate surface area is 190 Å². The van der Waals surface area contributed by atoms with Crippen LogP contribution in [-0.4, -0.2) is 66.0 Å². The molecule has 2 rings (SSSR count). The first-order valence-electron chi connectivity index (χ1n) is 10.4. The second-order valence-electron chi connectivity index (χ2n) is 6.67. The number of benzene rings is 2. The van der Waals surface area contributed by atoms with Gasteiger partial charge in [0, 0.05) is 7.05 Å². The predicted molar refractivity (Wildman–Crippen MR) is 115 cm³/mol. The number of rotatable bonds is 14. The molecule has 33 heavy (non-hydrogen) atoms. The van der Waals surface area contributed by atoms with Crippen LogP contribution in [0.1, 0.15) is 5.56 Å². The van der Waals surface area contributed by atoms with Crippen LogP contribution >= 0.6 is 0 Å². The maximum Gasteiger partial charge on any atom is 0.416 e. The number of hydrogen-bond acceptors (Lipinski definition) is 6. The van der Waals surface area contributed by atoms with Crippen molar-refractivity contribution in [3.63, 3.8) is 0 Å². The fraction of sp³-hybridized carbons (Fsp3) is 0.435.